The molecule has 0 radical (unpaired) electrons. The zero-order valence-corrected chi connectivity index (χ0v) is 14.1. The molecule has 1 aromatic carbocycles. The highest BCUT2D eigenvalue weighted by molar-refractivity contribution is 7.71. The first-order chi connectivity index (χ1) is 11.7. The number of carbonyl (C=O) groups is 1. The summed E-state index contributed by atoms with van der Waals surface area (Å²) in [6, 6.07) is 13.5. The van der Waals surface area contributed by atoms with Crippen LogP contribution in [0.4, 0.5) is 5.82 Å². The molecule has 0 aliphatic carbocycles. The van der Waals surface area contributed by atoms with Gasteiger partial charge in [-0.05, 0) is 29.7 Å². The van der Waals surface area contributed by atoms with E-state index in [0.29, 0.717) is 16.0 Å². The highest BCUT2D eigenvalue weighted by Gasteiger charge is 2.10. The molecule has 3 aromatic rings. The summed E-state index contributed by atoms with van der Waals surface area (Å²) in [5, 5.41) is 9.84. The molecule has 3 N–H and O–H groups in total. The van der Waals surface area contributed by atoms with Crippen LogP contribution in [-0.4, -0.2) is 21.1 Å². The number of aromatic amines is 2. The molecule has 0 saturated carbocycles. The van der Waals surface area contributed by atoms with Crippen molar-refractivity contribution in [1.29, 1.82) is 0 Å². The summed E-state index contributed by atoms with van der Waals surface area (Å²) >= 11 is 5.12. The van der Waals surface area contributed by atoms with Crippen molar-refractivity contribution in [3.63, 3.8) is 0 Å². The van der Waals surface area contributed by atoms with Crippen LogP contribution in [-0.2, 0) is 6.42 Å². The number of H-pyrrole nitrogens is 2. The molecule has 0 unspecified atom stereocenters. The molecule has 0 saturated heterocycles. The lowest BCUT2D eigenvalue weighted by Gasteiger charge is -2.01. The predicted molar refractivity (Wildman–Crippen MR) is 97.6 cm³/mol. The molecule has 0 fully saturated rings. The Labute approximate surface area is 145 Å². The molecule has 0 aliphatic rings. The lowest BCUT2D eigenvalue weighted by Crippen LogP contribution is -2.13. The second-order valence-electron chi connectivity index (χ2n) is 5.48. The fourth-order valence-electron chi connectivity index (χ4n) is 2.46. The van der Waals surface area contributed by atoms with Crippen LogP contribution in [0.5, 0.6) is 0 Å². The number of nitrogens with zero attached hydrogens (tertiary/aromatic N) is 1. The Kier molecular flexibility index (Phi) is 4.86. The van der Waals surface area contributed by atoms with Gasteiger partial charge in [0.05, 0.1) is 11.3 Å². The van der Waals surface area contributed by atoms with E-state index in [1.54, 1.807) is 18.3 Å². The van der Waals surface area contributed by atoms with Crippen LogP contribution in [0.2, 0.25) is 0 Å². The molecular formula is C18H18N4OS. The maximum absolute atomic E-state index is 12.2. The third kappa shape index (κ3) is 3.60. The molecule has 1 amide bonds. The highest BCUT2D eigenvalue weighted by Crippen LogP contribution is 2.21. The largest absolute Gasteiger partial charge is 0.352 e. The zero-order valence-electron chi connectivity index (χ0n) is 13.3. The first kappa shape index (κ1) is 16.1. The Morgan fingerprint density at radius 1 is 1.25 bits per heavy atom. The van der Waals surface area contributed by atoms with Crippen molar-refractivity contribution in [2.24, 2.45) is 0 Å². The third-order valence-corrected chi connectivity index (χ3v) is 4.02. The Morgan fingerprint density at radius 2 is 2.04 bits per heavy atom. The van der Waals surface area contributed by atoms with Gasteiger partial charge in [-0.25, -0.2) is 0 Å². The van der Waals surface area contributed by atoms with Crippen molar-refractivity contribution in [3.05, 3.63) is 64.4 Å². The summed E-state index contributed by atoms with van der Waals surface area (Å²) < 4.78 is 0.400. The molecule has 0 bridgehead atoms. The van der Waals surface area contributed by atoms with Gasteiger partial charge in [0.2, 0.25) is 0 Å². The molecule has 3 rings (SSSR count). The molecule has 0 atom stereocenters. The van der Waals surface area contributed by atoms with Gasteiger partial charge in [0.15, 0.2) is 5.82 Å². The minimum atomic E-state index is -0.284. The number of pyridine rings is 1. The van der Waals surface area contributed by atoms with Crippen LogP contribution >= 0.6 is 12.2 Å². The van der Waals surface area contributed by atoms with Gasteiger partial charge in [0, 0.05) is 12.3 Å². The summed E-state index contributed by atoms with van der Waals surface area (Å²) in [6.45, 7) is 2.16. The number of anilines is 1. The molecule has 0 spiro atoms. The molecular weight excluding hydrogens is 320 g/mol. The van der Waals surface area contributed by atoms with Gasteiger partial charge in [-0.2, -0.15) is 5.10 Å². The van der Waals surface area contributed by atoms with E-state index in [1.165, 1.54) is 5.56 Å². The number of nitrogens with one attached hydrogen (secondary N) is 3. The Balaban J connectivity index is 1.75. The first-order valence-electron chi connectivity index (χ1n) is 7.81. The minimum Gasteiger partial charge on any atom is -0.352 e. The summed E-state index contributed by atoms with van der Waals surface area (Å²) in [6.07, 6.45) is 3.89. The lowest BCUT2D eigenvalue weighted by atomic mass is 10.1. The molecule has 0 aliphatic heterocycles. The van der Waals surface area contributed by atoms with Gasteiger partial charge in [0.25, 0.3) is 5.91 Å². The number of amides is 1. The number of aryl methyl sites for hydroxylation is 1. The first-order valence-corrected chi connectivity index (χ1v) is 8.22. The van der Waals surface area contributed by atoms with E-state index in [9.17, 15) is 4.79 Å². The maximum atomic E-state index is 12.2. The van der Waals surface area contributed by atoms with Gasteiger partial charge in [-0.3, -0.25) is 9.89 Å². The van der Waals surface area contributed by atoms with Crippen molar-refractivity contribution in [3.8, 4) is 11.3 Å². The summed E-state index contributed by atoms with van der Waals surface area (Å²) in [4.78, 5) is 15.1. The van der Waals surface area contributed by atoms with Crippen molar-refractivity contribution < 1.29 is 4.79 Å². The zero-order chi connectivity index (χ0) is 16.9. The molecule has 5 nitrogen and oxygen atoms in total. The number of benzene rings is 1. The van der Waals surface area contributed by atoms with Crippen LogP contribution < -0.4 is 5.32 Å². The second-order valence-corrected chi connectivity index (χ2v) is 5.89. The fourth-order valence-corrected chi connectivity index (χ4v) is 2.69. The Hall–Kier alpha value is -2.73. The van der Waals surface area contributed by atoms with Gasteiger partial charge >= 0.3 is 0 Å². The third-order valence-electron chi connectivity index (χ3n) is 3.69. The number of hydrogen-bond donors (Lipinski definition) is 3. The van der Waals surface area contributed by atoms with Gasteiger partial charge in [0.1, 0.15) is 4.64 Å². The second kappa shape index (κ2) is 7.23. The summed E-state index contributed by atoms with van der Waals surface area (Å²) in [7, 11) is 0. The van der Waals surface area contributed by atoms with Gasteiger partial charge < -0.3 is 10.3 Å². The normalized spacial score (nSPS) is 10.5. The number of hydrogen-bond acceptors (Lipinski definition) is 3. The van der Waals surface area contributed by atoms with Crippen molar-refractivity contribution in [2.75, 3.05) is 5.32 Å². The molecule has 2 heterocycles. The quantitative estimate of drug-likeness (QED) is 0.606. The molecule has 24 heavy (non-hydrogen) atoms. The van der Waals surface area contributed by atoms with Crippen LogP contribution in [0.3, 0.4) is 0 Å². The number of carbonyl (C=O) groups excluding carboxylic acids is 1. The standard InChI is InChI=1S/C18H18N4OS/c1-2-4-12-6-8-13(9-7-12)15-11-16(22-21-15)20-17(23)14-5-3-10-19-18(14)24/h3,5-11H,2,4H2,1H3,(H,19,24)(H2,20,21,22,23). The van der Waals surface area contributed by atoms with E-state index in [4.69, 9.17) is 12.2 Å². The fraction of sp³-hybridized carbons (Fsp3) is 0.167. The average Bonchev–Trinajstić information content (AvgIpc) is 3.04. The van der Waals surface area contributed by atoms with E-state index in [1.807, 2.05) is 6.07 Å². The van der Waals surface area contributed by atoms with E-state index < -0.39 is 0 Å². The number of aromatic nitrogens is 3. The highest BCUT2D eigenvalue weighted by atomic mass is 32.1. The number of rotatable bonds is 5. The van der Waals surface area contributed by atoms with E-state index in [-0.39, 0.29) is 5.91 Å². The smallest absolute Gasteiger partial charge is 0.259 e. The van der Waals surface area contributed by atoms with Crippen LogP contribution in [0.25, 0.3) is 11.3 Å². The SMILES string of the molecule is CCCc1ccc(-c2cc(NC(=O)c3ccc[nH]c3=S)n[nH]2)cc1. The van der Waals surface area contributed by atoms with Crippen LogP contribution in [0.15, 0.2) is 48.7 Å². The maximum Gasteiger partial charge on any atom is 0.259 e. The van der Waals surface area contributed by atoms with Gasteiger partial charge in [-0.15, -0.1) is 0 Å². The minimum absolute atomic E-state index is 0.284. The monoisotopic (exact) mass is 338 g/mol. The van der Waals surface area contributed by atoms with Crippen LogP contribution in [0.1, 0.15) is 29.3 Å². The Morgan fingerprint density at radius 3 is 2.75 bits per heavy atom. The Bertz CT molecular complexity index is 896. The average molecular weight is 338 g/mol. The van der Waals surface area contributed by atoms with Crippen molar-refractivity contribution in [2.45, 2.75) is 19.8 Å². The topological polar surface area (TPSA) is 73.6 Å². The molecule has 122 valence electrons. The van der Waals surface area contributed by atoms with E-state index >= 15 is 0 Å². The van der Waals surface area contributed by atoms with Crippen molar-refractivity contribution in [1.82, 2.24) is 15.2 Å². The van der Waals surface area contributed by atoms with E-state index in [0.717, 1.165) is 24.1 Å². The van der Waals surface area contributed by atoms with E-state index in [2.05, 4.69) is 51.7 Å². The summed E-state index contributed by atoms with van der Waals surface area (Å²) in [5.41, 5.74) is 3.61. The van der Waals surface area contributed by atoms with Crippen LogP contribution in [0, 0.1) is 4.64 Å². The predicted octanol–water partition coefficient (Wildman–Crippen LogP) is 4.34. The molecule has 6 heteroatoms. The summed E-state index contributed by atoms with van der Waals surface area (Å²) in [5.74, 6) is 0.180. The van der Waals surface area contributed by atoms with Gasteiger partial charge in [-0.1, -0.05) is 49.8 Å². The molecule has 2 aromatic heterocycles. The lowest BCUT2D eigenvalue weighted by molar-refractivity contribution is 0.102. The van der Waals surface area contributed by atoms with Crippen molar-refractivity contribution >= 4 is 23.9 Å².